The molecule has 0 aromatic heterocycles. The van der Waals surface area contributed by atoms with Crippen molar-refractivity contribution in [3.63, 3.8) is 0 Å². The predicted molar refractivity (Wildman–Crippen MR) is 66.6 cm³/mol. The monoisotopic (exact) mass is 240 g/mol. The van der Waals surface area contributed by atoms with E-state index in [0.717, 1.165) is 19.3 Å². The van der Waals surface area contributed by atoms with Gasteiger partial charge in [-0.1, -0.05) is 32.6 Å². The lowest BCUT2D eigenvalue weighted by Gasteiger charge is -2.16. The highest BCUT2D eigenvalue weighted by Gasteiger charge is 2.35. The van der Waals surface area contributed by atoms with Crippen molar-refractivity contribution in [2.75, 3.05) is 7.11 Å². The Labute approximate surface area is 104 Å². The van der Waals surface area contributed by atoms with E-state index in [1.807, 2.05) is 0 Å². The predicted octanol–water partition coefficient (Wildman–Crippen LogP) is 3.12. The van der Waals surface area contributed by atoms with Crippen molar-refractivity contribution >= 4 is 11.8 Å². The molecule has 0 aromatic carbocycles. The molecule has 2 atom stereocenters. The zero-order valence-electron chi connectivity index (χ0n) is 11.0. The zero-order valence-corrected chi connectivity index (χ0v) is 11.0. The Morgan fingerprint density at radius 3 is 2.76 bits per heavy atom. The first-order valence-electron chi connectivity index (χ1n) is 6.78. The molecule has 98 valence electrons. The van der Waals surface area contributed by atoms with E-state index in [4.69, 9.17) is 0 Å². The molecule has 0 aliphatic heterocycles. The molecular formula is C14H24O3. The average Bonchev–Trinajstić information content (AvgIpc) is 2.66. The van der Waals surface area contributed by atoms with E-state index in [2.05, 4.69) is 11.7 Å². The number of ketones is 1. The van der Waals surface area contributed by atoms with Crippen molar-refractivity contribution in [1.82, 2.24) is 0 Å². The van der Waals surface area contributed by atoms with Crippen LogP contribution in [0.3, 0.4) is 0 Å². The van der Waals surface area contributed by atoms with Crippen LogP contribution >= 0.6 is 0 Å². The van der Waals surface area contributed by atoms with Crippen molar-refractivity contribution in [2.45, 2.75) is 58.3 Å². The van der Waals surface area contributed by atoms with Gasteiger partial charge in [-0.15, -0.1) is 0 Å². The molecule has 0 bridgehead atoms. The summed E-state index contributed by atoms with van der Waals surface area (Å²) in [4.78, 5) is 23.0. The first kappa shape index (κ1) is 14.2. The minimum atomic E-state index is -0.178. The summed E-state index contributed by atoms with van der Waals surface area (Å²) in [6.45, 7) is 2.18. The lowest BCUT2D eigenvalue weighted by Crippen LogP contribution is -2.18. The SMILES string of the molecule is CCCCCC[C@@H]1C(=O)CC[C@H]1CC(=O)OC. The molecule has 3 heteroatoms. The highest BCUT2D eigenvalue weighted by atomic mass is 16.5. The van der Waals surface area contributed by atoms with E-state index in [1.54, 1.807) is 0 Å². The van der Waals surface area contributed by atoms with Crippen LogP contribution in [0.5, 0.6) is 0 Å². The molecule has 1 saturated carbocycles. The van der Waals surface area contributed by atoms with Gasteiger partial charge >= 0.3 is 5.97 Å². The number of carbonyl (C=O) groups excluding carboxylic acids is 2. The third kappa shape index (κ3) is 4.49. The van der Waals surface area contributed by atoms with Gasteiger partial charge in [0.05, 0.1) is 7.11 Å². The van der Waals surface area contributed by atoms with Crippen LogP contribution in [-0.4, -0.2) is 18.9 Å². The molecular weight excluding hydrogens is 216 g/mol. The number of esters is 1. The Morgan fingerprint density at radius 1 is 1.35 bits per heavy atom. The Bertz CT molecular complexity index is 260. The molecule has 0 amide bonds. The Kier molecular flexibility index (Phi) is 6.23. The summed E-state index contributed by atoms with van der Waals surface area (Å²) in [5.74, 6) is 0.529. The topological polar surface area (TPSA) is 43.4 Å². The summed E-state index contributed by atoms with van der Waals surface area (Å²) < 4.78 is 4.69. The normalized spacial score (nSPS) is 24.0. The summed E-state index contributed by atoms with van der Waals surface area (Å²) in [7, 11) is 1.41. The summed E-state index contributed by atoms with van der Waals surface area (Å²) in [5.41, 5.74) is 0. The number of hydrogen-bond donors (Lipinski definition) is 0. The molecule has 0 spiro atoms. The van der Waals surface area contributed by atoms with E-state index < -0.39 is 0 Å². The maximum atomic E-state index is 11.8. The minimum absolute atomic E-state index is 0.117. The van der Waals surface area contributed by atoms with Gasteiger partial charge in [0.2, 0.25) is 0 Å². The number of carbonyl (C=O) groups is 2. The van der Waals surface area contributed by atoms with Crippen molar-refractivity contribution < 1.29 is 14.3 Å². The Hall–Kier alpha value is -0.860. The number of unbranched alkanes of at least 4 members (excludes halogenated alkanes) is 3. The second kappa shape index (κ2) is 7.46. The van der Waals surface area contributed by atoms with Crippen molar-refractivity contribution in [1.29, 1.82) is 0 Å². The van der Waals surface area contributed by atoms with Crippen LogP contribution in [-0.2, 0) is 14.3 Å². The maximum absolute atomic E-state index is 11.8. The van der Waals surface area contributed by atoms with Gasteiger partial charge in [-0.2, -0.15) is 0 Å². The molecule has 1 aliphatic rings. The van der Waals surface area contributed by atoms with E-state index in [0.29, 0.717) is 18.6 Å². The fraction of sp³-hybridized carbons (Fsp3) is 0.857. The van der Waals surface area contributed by atoms with Crippen molar-refractivity contribution in [3.05, 3.63) is 0 Å². The molecule has 0 heterocycles. The quantitative estimate of drug-likeness (QED) is 0.507. The van der Waals surface area contributed by atoms with Crippen molar-refractivity contribution in [3.8, 4) is 0 Å². The summed E-state index contributed by atoms with van der Waals surface area (Å²) in [6.07, 6.45) is 7.66. The molecule has 17 heavy (non-hydrogen) atoms. The largest absolute Gasteiger partial charge is 0.469 e. The van der Waals surface area contributed by atoms with E-state index in [-0.39, 0.29) is 17.8 Å². The second-order valence-corrected chi connectivity index (χ2v) is 5.00. The molecule has 1 aliphatic carbocycles. The van der Waals surface area contributed by atoms with Crippen LogP contribution in [0.4, 0.5) is 0 Å². The first-order chi connectivity index (χ1) is 8.19. The summed E-state index contributed by atoms with van der Waals surface area (Å²) >= 11 is 0. The third-order valence-electron chi connectivity index (χ3n) is 3.77. The number of rotatable bonds is 7. The first-order valence-corrected chi connectivity index (χ1v) is 6.78. The fourth-order valence-corrected chi connectivity index (χ4v) is 2.71. The molecule has 3 nitrogen and oxygen atoms in total. The van der Waals surface area contributed by atoms with Gasteiger partial charge in [0, 0.05) is 18.8 Å². The highest BCUT2D eigenvalue weighted by molar-refractivity contribution is 5.84. The Balaban J connectivity index is 2.36. The smallest absolute Gasteiger partial charge is 0.305 e. The van der Waals surface area contributed by atoms with Gasteiger partial charge in [-0.3, -0.25) is 9.59 Å². The van der Waals surface area contributed by atoms with Gasteiger partial charge in [0.1, 0.15) is 5.78 Å². The lowest BCUT2D eigenvalue weighted by atomic mass is 9.88. The van der Waals surface area contributed by atoms with Crippen LogP contribution in [0.15, 0.2) is 0 Å². The maximum Gasteiger partial charge on any atom is 0.305 e. The number of methoxy groups -OCH3 is 1. The molecule has 0 radical (unpaired) electrons. The summed E-state index contributed by atoms with van der Waals surface area (Å²) in [5, 5.41) is 0. The molecule has 0 unspecified atom stereocenters. The summed E-state index contributed by atoms with van der Waals surface area (Å²) in [6, 6.07) is 0. The zero-order chi connectivity index (χ0) is 12.7. The van der Waals surface area contributed by atoms with Crippen LogP contribution in [0.25, 0.3) is 0 Å². The molecule has 0 saturated heterocycles. The van der Waals surface area contributed by atoms with E-state index in [9.17, 15) is 9.59 Å². The van der Waals surface area contributed by atoms with E-state index in [1.165, 1.54) is 26.4 Å². The number of hydrogen-bond acceptors (Lipinski definition) is 3. The van der Waals surface area contributed by atoms with Crippen molar-refractivity contribution in [2.24, 2.45) is 11.8 Å². The van der Waals surface area contributed by atoms with Gasteiger partial charge in [0.15, 0.2) is 0 Å². The van der Waals surface area contributed by atoms with Crippen LogP contribution in [0, 0.1) is 11.8 Å². The highest BCUT2D eigenvalue weighted by Crippen LogP contribution is 2.35. The lowest BCUT2D eigenvalue weighted by molar-refractivity contribution is -0.142. The molecule has 1 fully saturated rings. The molecule has 1 rings (SSSR count). The molecule has 0 aromatic rings. The van der Waals surface area contributed by atoms with Gasteiger partial charge in [0.25, 0.3) is 0 Å². The molecule has 0 N–H and O–H groups in total. The van der Waals surface area contributed by atoms with E-state index >= 15 is 0 Å². The van der Waals surface area contributed by atoms with Gasteiger partial charge in [-0.25, -0.2) is 0 Å². The van der Waals surface area contributed by atoms with Gasteiger partial charge < -0.3 is 4.74 Å². The third-order valence-corrected chi connectivity index (χ3v) is 3.77. The van der Waals surface area contributed by atoms with Crippen LogP contribution in [0.2, 0.25) is 0 Å². The second-order valence-electron chi connectivity index (χ2n) is 5.00. The Morgan fingerprint density at radius 2 is 2.12 bits per heavy atom. The number of ether oxygens (including phenoxy) is 1. The van der Waals surface area contributed by atoms with Gasteiger partial charge in [-0.05, 0) is 18.8 Å². The minimum Gasteiger partial charge on any atom is -0.469 e. The fourth-order valence-electron chi connectivity index (χ4n) is 2.71. The standard InChI is InChI=1S/C14H24O3/c1-3-4-5-6-7-12-11(8-9-13(12)15)10-14(16)17-2/h11-12H,3-10H2,1-2H3/t11-,12-/m0/s1. The number of Topliss-reactive ketones (excluding diaryl/α,β-unsaturated/α-hetero) is 1. The van der Waals surface area contributed by atoms with Crippen LogP contribution < -0.4 is 0 Å². The van der Waals surface area contributed by atoms with Crippen LogP contribution in [0.1, 0.15) is 58.3 Å². The average molecular weight is 240 g/mol.